The van der Waals surface area contributed by atoms with Crippen LogP contribution in [0.4, 0.5) is 0 Å². The molecule has 0 aliphatic heterocycles. The van der Waals surface area contributed by atoms with Crippen LogP contribution >= 0.6 is 0 Å². The van der Waals surface area contributed by atoms with Crippen LogP contribution in [0.5, 0.6) is 0 Å². The average Bonchev–Trinajstić information content (AvgIpc) is 2.49. The molecule has 0 spiro atoms. The molecule has 2 aliphatic carbocycles. The maximum atomic E-state index is 12.6. The summed E-state index contributed by atoms with van der Waals surface area (Å²) >= 11 is 0. The van der Waals surface area contributed by atoms with E-state index in [0.29, 0.717) is 11.2 Å². The molecule has 0 saturated heterocycles. The number of fused-ring (bicyclic) bond motifs is 5. The van der Waals surface area contributed by atoms with Crippen LogP contribution in [0, 0.1) is 0 Å². The minimum Gasteiger partial charge on any atom is -0.419 e. The van der Waals surface area contributed by atoms with Gasteiger partial charge in [0.05, 0.1) is 0 Å². The number of hydrogen-bond acceptors (Lipinski definition) is 4. The predicted molar refractivity (Wildman–Crippen MR) is 92.8 cm³/mol. The summed E-state index contributed by atoms with van der Waals surface area (Å²) in [7, 11) is 0. The van der Waals surface area contributed by atoms with Gasteiger partial charge in [0.25, 0.3) is 0 Å². The molecule has 0 bridgehead atoms. The Labute approximate surface area is 140 Å². The molecule has 0 radical (unpaired) electrons. The van der Waals surface area contributed by atoms with Crippen LogP contribution in [-0.4, -0.2) is 0 Å². The fourth-order valence-electron chi connectivity index (χ4n) is 4.27. The normalized spacial score (nSPS) is 18.8. The van der Waals surface area contributed by atoms with E-state index in [1.807, 2.05) is 0 Å². The molecule has 2 aliphatic rings. The molecule has 2 aromatic rings. The summed E-state index contributed by atoms with van der Waals surface area (Å²) in [6, 6.07) is 0. The number of hydrogen-bond donors (Lipinski definition) is 0. The Kier molecular flexibility index (Phi) is 4.30. The molecule has 0 fully saturated rings. The lowest BCUT2D eigenvalue weighted by Gasteiger charge is -2.17. The Bertz CT molecular complexity index is 799. The highest BCUT2D eigenvalue weighted by molar-refractivity contribution is 5.79. The number of aryl methyl sites for hydroxylation is 2. The molecule has 0 unspecified atom stereocenters. The van der Waals surface area contributed by atoms with Gasteiger partial charge in [-0.2, -0.15) is 0 Å². The van der Waals surface area contributed by atoms with Gasteiger partial charge >= 0.3 is 11.3 Å². The van der Waals surface area contributed by atoms with Crippen LogP contribution in [0.1, 0.15) is 73.6 Å². The summed E-state index contributed by atoms with van der Waals surface area (Å²) in [5.74, 6) is 0. The van der Waals surface area contributed by atoms with E-state index < -0.39 is 0 Å². The predicted octanol–water partition coefficient (Wildman–Crippen LogP) is 4.06. The number of rotatable bonds is 0. The van der Waals surface area contributed by atoms with Crippen molar-refractivity contribution in [1.82, 2.24) is 0 Å². The van der Waals surface area contributed by atoms with E-state index in [9.17, 15) is 9.59 Å². The van der Waals surface area contributed by atoms with Gasteiger partial charge in [0.1, 0.15) is 0 Å². The third-order valence-corrected chi connectivity index (χ3v) is 5.57. The van der Waals surface area contributed by atoms with Crippen molar-refractivity contribution in [2.45, 2.75) is 77.0 Å². The monoisotopic (exact) mass is 328 g/mol. The largest absolute Gasteiger partial charge is 0.419 e. The van der Waals surface area contributed by atoms with Gasteiger partial charge < -0.3 is 8.83 Å². The fraction of sp³-hybridized carbons (Fsp3) is 0.600. The Morgan fingerprint density at radius 1 is 0.458 bits per heavy atom. The Hall–Kier alpha value is -1.84. The van der Waals surface area contributed by atoms with Gasteiger partial charge in [-0.05, 0) is 51.4 Å². The van der Waals surface area contributed by atoms with Crippen molar-refractivity contribution in [1.29, 1.82) is 0 Å². The zero-order valence-electron chi connectivity index (χ0n) is 14.1. The van der Waals surface area contributed by atoms with E-state index >= 15 is 0 Å². The molecule has 4 heteroatoms. The average molecular weight is 328 g/mol. The second kappa shape index (κ2) is 6.58. The van der Waals surface area contributed by atoms with Crippen LogP contribution in [0.3, 0.4) is 0 Å². The lowest BCUT2D eigenvalue weighted by molar-refractivity contribution is 0.476. The molecule has 2 heterocycles. The third-order valence-electron chi connectivity index (χ3n) is 5.57. The third kappa shape index (κ3) is 2.72. The van der Waals surface area contributed by atoms with Gasteiger partial charge in [0.15, 0.2) is 11.2 Å². The van der Waals surface area contributed by atoms with E-state index in [1.54, 1.807) is 0 Å². The summed E-state index contributed by atoms with van der Waals surface area (Å²) in [4.78, 5) is 25.2. The lowest BCUT2D eigenvalue weighted by atomic mass is 9.91. The highest BCUT2D eigenvalue weighted by Crippen LogP contribution is 2.30. The Balaban J connectivity index is 2.01. The van der Waals surface area contributed by atoms with Gasteiger partial charge in [0.2, 0.25) is 0 Å². The molecule has 0 aromatic carbocycles. The van der Waals surface area contributed by atoms with Crippen LogP contribution in [0.15, 0.2) is 18.4 Å². The van der Waals surface area contributed by atoms with Gasteiger partial charge in [0, 0.05) is 22.3 Å². The molecule has 2 aromatic heterocycles. The first-order chi connectivity index (χ1) is 11.8. The summed E-state index contributed by atoms with van der Waals surface area (Å²) < 4.78 is 11.4. The maximum Gasteiger partial charge on any atom is 0.339 e. The molecule has 0 atom stereocenters. The van der Waals surface area contributed by atoms with Crippen LogP contribution in [0.25, 0.3) is 11.2 Å². The van der Waals surface area contributed by atoms with Crippen molar-refractivity contribution < 1.29 is 8.83 Å². The van der Waals surface area contributed by atoms with Crippen LogP contribution in [0.2, 0.25) is 0 Å². The lowest BCUT2D eigenvalue weighted by Crippen LogP contribution is -2.19. The van der Waals surface area contributed by atoms with E-state index in [1.165, 1.54) is 0 Å². The van der Waals surface area contributed by atoms with E-state index in [-0.39, 0.29) is 11.3 Å². The van der Waals surface area contributed by atoms with Gasteiger partial charge in [-0.1, -0.05) is 25.7 Å². The van der Waals surface area contributed by atoms with Crippen molar-refractivity contribution in [3.63, 3.8) is 0 Å². The van der Waals surface area contributed by atoms with Crippen LogP contribution in [-0.2, 0) is 25.7 Å². The highest BCUT2D eigenvalue weighted by Gasteiger charge is 2.24. The standard InChI is InChI=1S/C20H24O4/c21-19-15-11-7-3-1-5-9-13(15)17-18(24-19)14-10-6-2-4-8-12-16(14)20(22)23-17/h1-12H2. The maximum absolute atomic E-state index is 12.6. The first-order valence-electron chi connectivity index (χ1n) is 9.39. The Morgan fingerprint density at radius 3 is 1.17 bits per heavy atom. The fourth-order valence-corrected chi connectivity index (χ4v) is 4.27. The zero-order chi connectivity index (χ0) is 16.5. The minimum absolute atomic E-state index is 0.225. The van der Waals surface area contributed by atoms with Crippen molar-refractivity contribution >= 4 is 11.2 Å². The first kappa shape index (κ1) is 15.7. The van der Waals surface area contributed by atoms with Gasteiger partial charge in [-0.3, -0.25) is 0 Å². The molecular weight excluding hydrogens is 304 g/mol. The van der Waals surface area contributed by atoms with Crippen LogP contribution < -0.4 is 11.3 Å². The molecule has 128 valence electrons. The molecule has 0 N–H and O–H groups in total. The second-order valence-electron chi connectivity index (χ2n) is 7.18. The first-order valence-corrected chi connectivity index (χ1v) is 9.39. The zero-order valence-corrected chi connectivity index (χ0v) is 14.1. The van der Waals surface area contributed by atoms with E-state index in [0.717, 1.165) is 99.3 Å². The van der Waals surface area contributed by atoms with Crippen molar-refractivity contribution in [2.75, 3.05) is 0 Å². The van der Waals surface area contributed by atoms with Gasteiger partial charge in [-0.25, -0.2) is 9.59 Å². The van der Waals surface area contributed by atoms with Gasteiger partial charge in [-0.15, -0.1) is 0 Å². The second-order valence-corrected chi connectivity index (χ2v) is 7.18. The summed E-state index contributed by atoms with van der Waals surface area (Å²) in [6.07, 6.45) is 11.7. The minimum atomic E-state index is -0.225. The summed E-state index contributed by atoms with van der Waals surface area (Å²) in [5.41, 5.74) is 3.99. The SMILES string of the molecule is O=c1oc2c3c(c(=O)oc2c2c1CCCCCC2)CCCCCC3. The summed E-state index contributed by atoms with van der Waals surface area (Å²) in [6.45, 7) is 0. The smallest absolute Gasteiger partial charge is 0.339 e. The quantitative estimate of drug-likeness (QED) is 0.731. The molecule has 4 rings (SSSR count). The molecule has 0 amide bonds. The van der Waals surface area contributed by atoms with Crippen molar-refractivity contribution in [2.24, 2.45) is 0 Å². The van der Waals surface area contributed by atoms with Crippen molar-refractivity contribution in [3.8, 4) is 0 Å². The molecule has 4 nitrogen and oxygen atoms in total. The molecule has 24 heavy (non-hydrogen) atoms. The van der Waals surface area contributed by atoms with E-state index in [4.69, 9.17) is 8.83 Å². The highest BCUT2D eigenvalue weighted by atomic mass is 16.4. The molecule has 0 saturated carbocycles. The summed E-state index contributed by atoms with van der Waals surface area (Å²) in [5, 5.41) is 0. The Morgan fingerprint density at radius 2 is 0.792 bits per heavy atom. The molecular formula is C20H24O4. The topological polar surface area (TPSA) is 60.4 Å². The van der Waals surface area contributed by atoms with E-state index in [2.05, 4.69) is 0 Å². The van der Waals surface area contributed by atoms with Crippen molar-refractivity contribution in [3.05, 3.63) is 43.1 Å².